The predicted molar refractivity (Wildman–Crippen MR) is 127 cm³/mol. The number of carbonyl (C=O) groups excluding carboxylic acids is 1. The summed E-state index contributed by atoms with van der Waals surface area (Å²) in [6, 6.07) is 8.86. The molecule has 1 aromatic carbocycles. The highest BCUT2D eigenvalue weighted by atomic mass is 32.2. The fourth-order valence-electron chi connectivity index (χ4n) is 4.22. The minimum atomic E-state index is -3.59. The van der Waals surface area contributed by atoms with Gasteiger partial charge in [-0.1, -0.05) is 19.1 Å². The molecule has 1 aromatic heterocycles. The fourth-order valence-corrected chi connectivity index (χ4v) is 5.31. The van der Waals surface area contributed by atoms with E-state index in [0.29, 0.717) is 35.6 Å². The molecule has 1 amide bonds. The third-order valence-corrected chi connectivity index (χ3v) is 6.96. The maximum absolute atomic E-state index is 12.3. The van der Waals surface area contributed by atoms with E-state index in [9.17, 15) is 13.2 Å². The highest BCUT2D eigenvalue weighted by Crippen LogP contribution is 2.29. The number of piperidine rings is 1. The second-order valence-electron chi connectivity index (χ2n) is 8.42. The second kappa shape index (κ2) is 9.78. The van der Waals surface area contributed by atoms with Crippen molar-refractivity contribution in [1.29, 1.82) is 0 Å². The normalized spacial score (nSPS) is 19.4. The fraction of sp³-hybridized carbons (Fsp3) is 0.435. The molecule has 1 saturated heterocycles. The number of amidine groups is 1. The van der Waals surface area contributed by atoms with E-state index in [1.165, 1.54) is 0 Å². The standard InChI is InChI=1S/C23H29N5O4S/c1-2-9-26-23(29)17-8-10-25-20(12-17)28-11-4-5-16(13-28)14-32-19-7-3-6-18-15-33(30,31)27-22(24)21(18)19/h3,6-8,10,12,16H,2,4-5,9,11,13-15H2,1H3,(H2,24,27)(H,26,29)/t16-/m0/s1. The number of sulfonamides is 1. The lowest BCUT2D eigenvalue weighted by Crippen LogP contribution is -2.38. The van der Waals surface area contributed by atoms with E-state index >= 15 is 0 Å². The van der Waals surface area contributed by atoms with Gasteiger partial charge in [0, 0.05) is 37.3 Å². The molecule has 2 aliphatic heterocycles. The van der Waals surface area contributed by atoms with Crippen LogP contribution in [0.3, 0.4) is 0 Å². The van der Waals surface area contributed by atoms with Crippen LogP contribution in [0.2, 0.25) is 0 Å². The van der Waals surface area contributed by atoms with Gasteiger partial charge in [-0.05, 0) is 43.0 Å². The Bertz CT molecular complexity index is 1170. The van der Waals surface area contributed by atoms with Crippen molar-refractivity contribution in [2.45, 2.75) is 31.9 Å². The Morgan fingerprint density at radius 2 is 2.18 bits per heavy atom. The first-order valence-electron chi connectivity index (χ1n) is 11.2. The monoisotopic (exact) mass is 471 g/mol. The molecule has 0 aliphatic carbocycles. The minimum absolute atomic E-state index is 0.0283. The summed E-state index contributed by atoms with van der Waals surface area (Å²) in [5, 5.41) is 2.90. The number of hydrogen-bond donors (Lipinski definition) is 2. The number of carbonyl (C=O) groups is 1. The molecule has 10 heteroatoms. The van der Waals surface area contributed by atoms with Crippen LogP contribution >= 0.6 is 0 Å². The molecule has 1 fully saturated rings. The number of ether oxygens (including phenoxy) is 1. The summed E-state index contributed by atoms with van der Waals surface area (Å²) in [6.45, 7) is 4.73. The van der Waals surface area contributed by atoms with Crippen molar-refractivity contribution in [2.24, 2.45) is 16.0 Å². The molecule has 0 radical (unpaired) electrons. The highest BCUT2D eigenvalue weighted by molar-refractivity contribution is 7.89. The number of nitrogens with zero attached hydrogens (tertiary/aromatic N) is 3. The summed E-state index contributed by atoms with van der Waals surface area (Å²) >= 11 is 0. The molecule has 9 nitrogen and oxygen atoms in total. The third kappa shape index (κ3) is 5.44. The van der Waals surface area contributed by atoms with E-state index in [2.05, 4.69) is 19.6 Å². The zero-order chi connectivity index (χ0) is 23.4. The molecule has 4 rings (SSSR count). The Labute approximate surface area is 194 Å². The Balaban J connectivity index is 1.43. The summed E-state index contributed by atoms with van der Waals surface area (Å²) in [4.78, 5) is 19.0. The Kier molecular flexibility index (Phi) is 6.83. The van der Waals surface area contributed by atoms with Crippen molar-refractivity contribution in [3.8, 4) is 5.75 Å². The van der Waals surface area contributed by atoms with Gasteiger partial charge in [0.15, 0.2) is 0 Å². The zero-order valence-corrected chi connectivity index (χ0v) is 19.5. The molecular weight excluding hydrogens is 442 g/mol. The smallest absolute Gasteiger partial charge is 0.259 e. The van der Waals surface area contributed by atoms with Crippen LogP contribution in [0.25, 0.3) is 0 Å². The van der Waals surface area contributed by atoms with E-state index in [1.807, 2.05) is 13.0 Å². The number of anilines is 1. The number of fused-ring (bicyclic) bond motifs is 1. The lowest BCUT2D eigenvalue weighted by molar-refractivity contribution is 0.0953. The maximum Gasteiger partial charge on any atom is 0.259 e. The minimum Gasteiger partial charge on any atom is -0.492 e. The maximum atomic E-state index is 12.3. The molecule has 1 atom stereocenters. The van der Waals surface area contributed by atoms with E-state index < -0.39 is 10.0 Å². The summed E-state index contributed by atoms with van der Waals surface area (Å²) in [7, 11) is -3.59. The highest BCUT2D eigenvalue weighted by Gasteiger charge is 2.27. The van der Waals surface area contributed by atoms with Gasteiger partial charge in [-0.2, -0.15) is 0 Å². The summed E-state index contributed by atoms with van der Waals surface area (Å²) in [6.07, 6.45) is 4.54. The Hall–Kier alpha value is -3.14. The van der Waals surface area contributed by atoms with E-state index in [1.54, 1.807) is 30.5 Å². The number of nitrogens with two attached hydrogens (primary N) is 1. The summed E-state index contributed by atoms with van der Waals surface area (Å²) < 4.78 is 33.5. The quantitative estimate of drug-likeness (QED) is 0.633. The average molecular weight is 472 g/mol. The molecule has 2 aliphatic rings. The zero-order valence-electron chi connectivity index (χ0n) is 18.7. The molecule has 0 bridgehead atoms. The second-order valence-corrected chi connectivity index (χ2v) is 10.1. The van der Waals surface area contributed by atoms with Crippen LogP contribution in [0.15, 0.2) is 40.9 Å². The number of hydrogen-bond acceptors (Lipinski definition) is 7. The molecule has 0 spiro atoms. The molecule has 0 unspecified atom stereocenters. The van der Waals surface area contributed by atoms with Crippen molar-refractivity contribution in [3.63, 3.8) is 0 Å². The van der Waals surface area contributed by atoms with Gasteiger partial charge in [0.2, 0.25) is 0 Å². The number of pyridine rings is 1. The molecule has 0 saturated carbocycles. The number of benzene rings is 1. The van der Waals surface area contributed by atoms with Gasteiger partial charge in [0.1, 0.15) is 17.4 Å². The largest absolute Gasteiger partial charge is 0.492 e. The van der Waals surface area contributed by atoms with Crippen LogP contribution < -0.4 is 20.7 Å². The first kappa shape index (κ1) is 23.0. The summed E-state index contributed by atoms with van der Waals surface area (Å²) in [5.41, 5.74) is 7.71. The molecular formula is C23H29N5O4S. The van der Waals surface area contributed by atoms with Crippen LogP contribution in [0, 0.1) is 5.92 Å². The Morgan fingerprint density at radius 3 is 3.00 bits per heavy atom. The molecule has 3 heterocycles. The van der Waals surface area contributed by atoms with Crippen molar-refractivity contribution < 1.29 is 17.9 Å². The van der Waals surface area contributed by atoms with E-state index in [4.69, 9.17) is 10.5 Å². The third-order valence-electron chi connectivity index (χ3n) is 5.80. The van der Waals surface area contributed by atoms with E-state index in [0.717, 1.165) is 38.2 Å². The van der Waals surface area contributed by atoms with Gasteiger partial charge in [-0.25, -0.2) is 13.4 Å². The Morgan fingerprint density at radius 1 is 1.33 bits per heavy atom. The first-order valence-corrected chi connectivity index (χ1v) is 12.8. The van der Waals surface area contributed by atoms with Gasteiger partial charge >= 0.3 is 0 Å². The van der Waals surface area contributed by atoms with E-state index in [-0.39, 0.29) is 23.4 Å². The number of aromatic nitrogens is 1. The molecule has 2 aromatic rings. The topological polar surface area (TPSA) is 127 Å². The van der Waals surface area contributed by atoms with Crippen molar-refractivity contribution in [2.75, 3.05) is 31.1 Å². The SMILES string of the molecule is CCCNC(=O)c1ccnc(N2CCC[C@H](COc3cccc4c3C(N)=NS(=O)(=O)C4)C2)c1. The molecule has 3 N–H and O–H groups in total. The van der Waals surface area contributed by atoms with Crippen LogP contribution in [0.5, 0.6) is 5.75 Å². The van der Waals surface area contributed by atoms with Crippen LogP contribution in [-0.4, -0.2) is 51.4 Å². The molecule has 33 heavy (non-hydrogen) atoms. The molecule has 176 valence electrons. The average Bonchev–Trinajstić information content (AvgIpc) is 2.80. The van der Waals surface area contributed by atoms with Gasteiger partial charge in [0.05, 0.1) is 17.9 Å². The van der Waals surface area contributed by atoms with Crippen molar-refractivity contribution >= 4 is 27.6 Å². The van der Waals surface area contributed by atoms with Crippen molar-refractivity contribution in [1.82, 2.24) is 10.3 Å². The number of rotatable bonds is 7. The number of nitrogens with one attached hydrogen (secondary N) is 1. The van der Waals surface area contributed by atoms with Crippen molar-refractivity contribution in [3.05, 3.63) is 53.2 Å². The summed E-state index contributed by atoms with van der Waals surface area (Å²) in [5.74, 6) is 1.29. The van der Waals surface area contributed by atoms with Crippen LogP contribution in [-0.2, 0) is 15.8 Å². The van der Waals surface area contributed by atoms with Gasteiger partial charge < -0.3 is 20.7 Å². The lowest BCUT2D eigenvalue weighted by Gasteiger charge is -2.33. The van der Waals surface area contributed by atoms with Gasteiger partial charge in [-0.15, -0.1) is 4.40 Å². The van der Waals surface area contributed by atoms with Crippen LogP contribution in [0.4, 0.5) is 5.82 Å². The van der Waals surface area contributed by atoms with Gasteiger partial charge in [-0.3, -0.25) is 4.79 Å². The number of amides is 1. The first-order chi connectivity index (χ1) is 15.9. The van der Waals surface area contributed by atoms with Gasteiger partial charge in [0.25, 0.3) is 15.9 Å². The predicted octanol–water partition coefficient (Wildman–Crippen LogP) is 2.07. The van der Waals surface area contributed by atoms with Crippen LogP contribution in [0.1, 0.15) is 47.7 Å². The lowest BCUT2D eigenvalue weighted by atomic mass is 9.98.